The van der Waals surface area contributed by atoms with E-state index in [1.54, 1.807) is 6.07 Å². The number of halogens is 1. The Morgan fingerprint density at radius 1 is 1.38 bits per heavy atom. The Kier molecular flexibility index (Phi) is 4.90. The second-order valence-corrected chi connectivity index (χ2v) is 4.48. The van der Waals surface area contributed by atoms with Crippen LogP contribution in [-0.4, -0.2) is 17.8 Å². The SMILES string of the molecule is Cc1cc(F)ccc1CN[C@H](CO)C(C)C. The number of nitrogens with one attached hydrogen (secondary N) is 1. The van der Waals surface area contributed by atoms with Gasteiger partial charge in [0.1, 0.15) is 5.82 Å². The first-order valence-electron chi connectivity index (χ1n) is 5.64. The number of aliphatic hydroxyl groups is 1. The molecule has 0 spiro atoms. The van der Waals surface area contributed by atoms with Gasteiger partial charge in [-0.05, 0) is 36.1 Å². The van der Waals surface area contributed by atoms with E-state index in [4.69, 9.17) is 5.11 Å². The number of hydrogen-bond donors (Lipinski definition) is 2. The molecule has 3 heteroatoms. The molecule has 0 fully saturated rings. The average Bonchev–Trinajstić information content (AvgIpc) is 2.21. The Morgan fingerprint density at radius 2 is 2.06 bits per heavy atom. The Morgan fingerprint density at radius 3 is 2.56 bits per heavy atom. The smallest absolute Gasteiger partial charge is 0.123 e. The highest BCUT2D eigenvalue weighted by atomic mass is 19.1. The van der Waals surface area contributed by atoms with Gasteiger partial charge in [0, 0.05) is 12.6 Å². The summed E-state index contributed by atoms with van der Waals surface area (Å²) in [6.45, 7) is 6.80. The van der Waals surface area contributed by atoms with Crippen molar-refractivity contribution in [3.63, 3.8) is 0 Å². The summed E-state index contributed by atoms with van der Waals surface area (Å²) in [6, 6.07) is 4.87. The van der Waals surface area contributed by atoms with Gasteiger partial charge in [0.15, 0.2) is 0 Å². The van der Waals surface area contributed by atoms with Crippen molar-refractivity contribution in [1.29, 1.82) is 0 Å². The molecule has 0 aromatic heterocycles. The van der Waals surface area contributed by atoms with Gasteiger partial charge >= 0.3 is 0 Å². The number of benzene rings is 1. The molecule has 90 valence electrons. The summed E-state index contributed by atoms with van der Waals surface area (Å²) in [7, 11) is 0. The van der Waals surface area contributed by atoms with Gasteiger partial charge < -0.3 is 10.4 Å². The van der Waals surface area contributed by atoms with E-state index < -0.39 is 0 Å². The van der Waals surface area contributed by atoms with Gasteiger partial charge in [0.25, 0.3) is 0 Å². The third kappa shape index (κ3) is 3.58. The van der Waals surface area contributed by atoms with E-state index in [2.05, 4.69) is 19.2 Å². The van der Waals surface area contributed by atoms with Crippen molar-refractivity contribution in [2.75, 3.05) is 6.61 Å². The summed E-state index contributed by atoms with van der Waals surface area (Å²) in [5, 5.41) is 12.4. The summed E-state index contributed by atoms with van der Waals surface area (Å²) in [4.78, 5) is 0. The fourth-order valence-electron chi connectivity index (χ4n) is 1.61. The zero-order valence-corrected chi connectivity index (χ0v) is 10.1. The zero-order valence-electron chi connectivity index (χ0n) is 10.1. The summed E-state index contributed by atoms with van der Waals surface area (Å²) < 4.78 is 12.9. The highest BCUT2D eigenvalue weighted by Gasteiger charge is 2.11. The minimum atomic E-state index is -0.205. The Labute approximate surface area is 96.5 Å². The minimum absolute atomic E-state index is 0.0875. The molecule has 2 N–H and O–H groups in total. The van der Waals surface area contributed by atoms with Crippen LogP contribution in [0.15, 0.2) is 18.2 Å². The van der Waals surface area contributed by atoms with Crippen molar-refractivity contribution < 1.29 is 9.50 Å². The lowest BCUT2D eigenvalue weighted by Crippen LogP contribution is -2.36. The molecule has 0 unspecified atom stereocenters. The largest absolute Gasteiger partial charge is 0.395 e. The molecule has 1 aromatic rings. The van der Waals surface area contributed by atoms with Crippen molar-refractivity contribution in [3.05, 3.63) is 35.1 Å². The first kappa shape index (κ1) is 13.1. The molecule has 2 nitrogen and oxygen atoms in total. The maximum atomic E-state index is 12.9. The molecule has 1 atom stereocenters. The average molecular weight is 225 g/mol. The van der Waals surface area contributed by atoms with E-state index in [9.17, 15) is 4.39 Å². The van der Waals surface area contributed by atoms with Gasteiger partial charge in [0.2, 0.25) is 0 Å². The molecular formula is C13H20FNO. The lowest BCUT2D eigenvalue weighted by Gasteiger charge is -2.20. The van der Waals surface area contributed by atoms with Gasteiger partial charge in [0.05, 0.1) is 6.61 Å². The monoisotopic (exact) mass is 225 g/mol. The second-order valence-electron chi connectivity index (χ2n) is 4.48. The minimum Gasteiger partial charge on any atom is -0.395 e. The van der Waals surface area contributed by atoms with Gasteiger partial charge in [-0.1, -0.05) is 19.9 Å². The third-order valence-corrected chi connectivity index (χ3v) is 2.86. The molecule has 0 bridgehead atoms. The van der Waals surface area contributed by atoms with Crippen LogP contribution in [0, 0.1) is 18.7 Å². The standard InChI is InChI=1S/C13H20FNO/c1-9(2)13(8-16)15-7-11-4-5-12(14)6-10(11)3/h4-6,9,13,15-16H,7-8H2,1-3H3/t13-/m1/s1. The summed E-state index contributed by atoms with van der Waals surface area (Å²) in [5.41, 5.74) is 2.01. The topological polar surface area (TPSA) is 32.3 Å². The molecule has 0 radical (unpaired) electrons. The molecule has 1 rings (SSSR count). The van der Waals surface area contributed by atoms with Crippen molar-refractivity contribution in [1.82, 2.24) is 5.32 Å². The van der Waals surface area contributed by atoms with E-state index in [0.717, 1.165) is 11.1 Å². The van der Waals surface area contributed by atoms with E-state index >= 15 is 0 Å². The van der Waals surface area contributed by atoms with Crippen molar-refractivity contribution in [2.24, 2.45) is 5.92 Å². The van der Waals surface area contributed by atoms with Crippen LogP contribution in [-0.2, 0) is 6.54 Å². The Balaban J connectivity index is 2.60. The number of aryl methyl sites for hydroxylation is 1. The number of rotatable bonds is 5. The van der Waals surface area contributed by atoms with Crippen LogP contribution in [0.1, 0.15) is 25.0 Å². The molecule has 0 aliphatic rings. The molecule has 16 heavy (non-hydrogen) atoms. The molecule has 0 saturated heterocycles. The highest BCUT2D eigenvalue weighted by Crippen LogP contribution is 2.11. The van der Waals surface area contributed by atoms with E-state index in [1.165, 1.54) is 12.1 Å². The van der Waals surface area contributed by atoms with E-state index in [0.29, 0.717) is 12.5 Å². The van der Waals surface area contributed by atoms with Gasteiger partial charge in [-0.25, -0.2) is 4.39 Å². The normalized spacial score (nSPS) is 13.1. The van der Waals surface area contributed by atoms with E-state index in [-0.39, 0.29) is 18.5 Å². The fourth-order valence-corrected chi connectivity index (χ4v) is 1.61. The highest BCUT2D eigenvalue weighted by molar-refractivity contribution is 5.26. The molecule has 0 aliphatic heterocycles. The summed E-state index contributed by atoms with van der Waals surface area (Å²) in [6.07, 6.45) is 0. The van der Waals surface area contributed by atoms with E-state index in [1.807, 2.05) is 6.92 Å². The predicted molar refractivity (Wildman–Crippen MR) is 63.7 cm³/mol. The van der Waals surface area contributed by atoms with Crippen LogP contribution < -0.4 is 5.32 Å². The predicted octanol–water partition coefficient (Wildman–Crippen LogP) is 2.24. The lowest BCUT2D eigenvalue weighted by molar-refractivity contribution is 0.210. The third-order valence-electron chi connectivity index (χ3n) is 2.86. The maximum Gasteiger partial charge on any atom is 0.123 e. The van der Waals surface area contributed by atoms with Crippen LogP contribution in [0.3, 0.4) is 0 Å². The van der Waals surface area contributed by atoms with Crippen LogP contribution in [0.4, 0.5) is 4.39 Å². The maximum absolute atomic E-state index is 12.9. The first-order valence-corrected chi connectivity index (χ1v) is 5.64. The quantitative estimate of drug-likeness (QED) is 0.805. The lowest BCUT2D eigenvalue weighted by atomic mass is 10.0. The molecule has 1 aromatic carbocycles. The fraction of sp³-hybridized carbons (Fsp3) is 0.538. The van der Waals surface area contributed by atoms with Gasteiger partial charge in [-0.15, -0.1) is 0 Å². The van der Waals surface area contributed by atoms with Gasteiger partial charge in [-0.3, -0.25) is 0 Å². The van der Waals surface area contributed by atoms with Gasteiger partial charge in [-0.2, -0.15) is 0 Å². The van der Waals surface area contributed by atoms with Crippen LogP contribution in [0.25, 0.3) is 0 Å². The van der Waals surface area contributed by atoms with Crippen LogP contribution in [0.5, 0.6) is 0 Å². The van der Waals surface area contributed by atoms with Crippen molar-refractivity contribution in [2.45, 2.75) is 33.4 Å². The molecule has 0 heterocycles. The van der Waals surface area contributed by atoms with Crippen molar-refractivity contribution in [3.8, 4) is 0 Å². The van der Waals surface area contributed by atoms with Crippen molar-refractivity contribution >= 4 is 0 Å². The molecule has 0 aliphatic carbocycles. The number of aliphatic hydroxyl groups excluding tert-OH is 1. The summed E-state index contributed by atoms with van der Waals surface area (Å²) in [5.74, 6) is 0.176. The molecular weight excluding hydrogens is 205 g/mol. The zero-order chi connectivity index (χ0) is 12.1. The number of hydrogen-bond acceptors (Lipinski definition) is 2. The first-order chi connectivity index (χ1) is 7.54. The van der Waals surface area contributed by atoms with Crippen LogP contribution in [0.2, 0.25) is 0 Å². The summed E-state index contributed by atoms with van der Waals surface area (Å²) >= 11 is 0. The van der Waals surface area contributed by atoms with Crippen LogP contribution >= 0.6 is 0 Å². The Hall–Kier alpha value is -0.930. The molecule has 0 amide bonds. The Bertz CT molecular complexity index is 339. The molecule has 0 saturated carbocycles. The second kappa shape index (κ2) is 5.97.